The van der Waals surface area contributed by atoms with E-state index >= 15 is 0 Å². The van der Waals surface area contributed by atoms with Crippen molar-refractivity contribution in [3.8, 4) is 0 Å². The Morgan fingerprint density at radius 2 is 0.517 bits per heavy atom. The number of nitrogens with one attached hydrogen (secondary N) is 3. The van der Waals surface area contributed by atoms with E-state index in [9.17, 15) is 142 Å². The molecule has 10 saturated heterocycles. The molecule has 0 spiro atoms. The summed E-state index contributed by atoms with van der Waals surface area (Å²) in [5.74, 6) is -2.76. The van der Waals surface area contributed by atoms with E-state index in [1.54, 1.807) is 0 Å². The molecule has 28 N–H and O–H groups in total. The molecule has 10 rings (SSSR count). The van der Waals surface area contributed by atoms with E-state index < -0.39 is 377 Å². The molecule has 10 fully saturated rings. The lowest BCUT2D eigenvalue weighted by molar-refractivity contribution is -0.423. The highest BCUT2D eigenvalue weighted by Gasteiger charge is 2.63. The second-order valence-corrected chi connectivity index (χ2v) is 30.6. The van der Waals surface area contributed by atoms with Crippen LogP contribution in [0.5, 0.6) is 0 Å². The van der Waals surface area contributed by atoms with Crippen molar-refractivity contribution in [2.45, 2.75) is 341 Å². The molecule has 10 aliphatic rings. The van der Waals surface area contributed by atoms with E-state index in [0.29, 0.717) is 0 Å². The lowest BCUT2D eigenvalue weighted by Crippen LogP contribution is -2.72. The third-order valence-corrected chi connectivity index (χ3v) is 22.5. The van der Waals surface area contributed by atoms with Gasteiger partial charge in [-0.05, 0) is 13.8 Å². The Labute approximate surface area is 682 Å². The van der Waals surface area contributed by atoms with Gasteiger partial charge in [0.1, 0.15) is 232 Å². The maximum absolute atomic E-state index is 13.7. The predicted octanol–water partition coefficient (Wildman–Crippen LogP) is -19.0. The molecular formula is C68H115N3O49. The standard InChI is InChI=1S/C68H115N3O49/c1-16-32(83)42(93)45(96)63(102-16)118-57-54(117-62-31(71-20(5)82)50(100-6)35(86)22(9-73)106-62)38(89)26(13-77)110-68(57)120-58-55(39(90)25(12-76)109-67(58)114-52-36(87)23(10-74)107-65(47(52)98)112-49-27(14-78)104-59(99)44(95)43(49)94)116-61-30(70-19(4)81)41(92)48(28(15-79)111-61)113-66-56(119-64-46(97)51(101-7)33(84)17(2)103-64)53(37(88)24(11-75)108-66)115-60-29(69-18(3)80)40(91)34(85)21(8-72)105-60/h16-17,21-68,72-79,83-99H,8-15H2,1-7H3,(H,69,80)(H,70,81)(H,71,82)/t16-,17-,21+,22+,23+,24+,25+,26+,27+,28+,29+,30+,31+,32+,33+,34+,35-,36-,37-,38-,39-,40+,41+,42+,43+,44+,45-,46-,47+,48-,49+,50+,51+,52-,53-,54-,55-,56+,57+,58+,59+,60-,61-,62-,63-,64-,65-,66-,67-,68-/m0/s1. The highest BCUT2D eigenvalue weighted by molar-refractivity contribution is 5.74. The van der Waals surface area contributed by atoms with Crippen LogP contribution in [0.2, 0.25) is 0 Å². The van der Waals surface area contributed by atoms with Crippen molar-refractivity contribution < 1.29 is 242 Å². The molecule has 0 bridgehead atoms. The molecule has 52 heteroatoms. The van der Waals surface area contributed by atoms with Crippen LogP contribution in [0.4, 0.5) is 0 Å². The lowest BCUT2D eigenvalue weighted by Gasteiger charge is -2.53. The van der Waals surface area contributed by atoms with Crippen LogP contribution in [0.25, 0.3) is 0 Å². The number of carbonyl (C=O) groups excluding carboxylic acids is 3. The molecule has 10 aliphatic heterocycles. The third-order valence-electron chi connectivity index (χ3n) is 22.5. The molecule has 0 radical (unpaired) electrons. The van der Waals surface area contributed by atoms with E-state index in [1.165, 1.54) is 13.8 Å². The first-order valence-corrected chi connectivity index (χ1v) is 38.6. The fourth-order valence-corrected chi connectivity index (χ4v) is 16.0. The van der Waals surface area contributed by atoms with Gasteiger partial charge in [-0.15, -0.1) is 0 Å². The maximum atomic E-state index is 13.7. The van der Waals surface area contributed by atoms with Gasteiger partial charge in [0.2, 0.25) is 17.7 Å². The number of carbonyl (C=O) groups is 3. The molecule has 696 valence electrons. The van der Waals surface area contributed by atoms with Gasteiger partial charge in [-0.1, -0.05) is 0 Å². The largest absolute Gasteiger partial charge is 0.394 e. The lowest BCUT2D eigenvalue weighted by atomic mass is 9.93. The molecule has 0 aliphatic carbocycles. The molecule has 10 heterocycles. The molecule has 0 saturated carbocycles. The van der Waals surface area contributed by atoms with E-state index in [2.05, 4.69) is 16.0 Å². The van der Waals surface area contributed by atoms with Crippen molar-refractivity contribution in [1.29, 1.82) is 0 Å². The molecule has 0 aromatic heterocycles. The van der Waals surface area contributed by atoms with Gasteiger partial charge in [0.25, 0.3) is 0 Å². The predicted molar refractivity (Wildman–Crippen MR) is 371 cm³/mol. The van der Waals surface area contributed by atoms with Crippen molar-refractivity contribution in [2.75, 3.05) is 67.1 Å². The Hall–Kier alpha value is -3.43. The molecule has 3 amide bonds. The smallest absolute Gasteiger partial charge is 0.217 e. The zero-order valence-corrected chi connectivity index (χ0v) is 65.5. The summed E-state index contributed by atoms with van der Waals surface area (Å²) in [6.45, 7) is -3.90. The van der Waals surface area contributed by atoms with E-state index in [0.717, 1.165) is 35.0 Å². The quantitative estimate of drug-likeness (QED) is 0.0306. The first-order chi connectivity index (χ1) is 56.9. The average molecular weight is 1760 g/mol. The number of amides is 3. The number of aliphatic hydroxyl groups is 25. The van der Waals surface area contributed by atoms with Crippen LogP contribution in [-0.2, 0) is 114 Å². The third kappa shape index (κ3) is 21.1. The monoisotopic (exact) mass is 1760 g/mol. The van der Waals surface area contributed by atoms with Crippen LogP contribution in [0.1, 0.15) is 34.6 Å². The van der Waals surface area contributed by atoms with Crippen molar-refractivity contribution in [2.24, 2.45) is 0 Å². The van der Waals surface area contributed by atoms with Crippen LogP contribution in [0.15, 0.2) is 0 Å². The normalized spacial score (nSPS) is 50.4. The number of rotatable bonds is 31. The molecular weight excluding hydrogens is 1640 g/mol. The number of hydrogen-bond donors (Lipinski definition) is 28. The number of hydrogen-bond acceptors (Lipinski definition) is 49. The first kappa shape index (κ1) is 98.7. The molecule has 0 aromatic rings. The summed E-state index contributed by atoms with van der Waals surface area (Å²) in [5, 5.41) is 291. The minimum Gasteiger partial charge on any atom is -0.394 e. The minimum absolute atomic E-state index is 0.828. The Balaban J connectivity index is 1.08. The Morgan fingerprint density at radius 3 is 0.942 bits per heavy atom. The fraction of sp³-hybridized carbons (Fsp3) is 0.956. The summed E-state index contributed by atoms with van der Waals surface area (Å²) in [7, 11) is 2.19. The van der Waals surface area contributed by atoms with E-state index in [-0.39, 0.29) is 0 Å². The van der Waals surface area contributed by atoms with Crippen molar-refractivity contribution in [3.05, 3.63) is 0 Å². The highest BCUT2D eigenvalue weighted by Crippen LogP contribution is 2.43. The summed E-state index contributed by atoms with van der Waals surface area (Å²) in [6, 6.07) is -5.63. The summed E-state index contributed by atoms with van der Waals surface area (Å²) < 4.78 is 128. The second kappa shape index (κ2) is 43.1. The SMILES string of the molecule is CO[C@H]1[C@H](O)[C@H](O[C@H]2[C@H](O[C@@H]3[C@H](O)[C@@H](NC(C)=O)[C@H](O[C@H]4[C@@H](O)[C@@H](CO)O[C@@H](O[C@H]5[C@@H](O)[C@@H](CO)O[C@@H](O[C@H]6[C@H](O)[C@@H](O)[C@H](O)O[C@@H]6CO)[C@@H]5O)[C@@H]4O[C@@H]4O[C@H](CO)[C@H](O)[C@H](O[C@@H]5O[C@H](CO)[C@H](O)[C@H](OC)[C@H]5NC(C)=O)[C@H]4O[C@@H]4O[C@@H](C)[C@@H](O)[C@@H](O)[C@@H]4O)O[C@@H]3CO)O[C@H](CO)[C@H](O)[C@@H]2O[C@@H]2O[C@H](CO)[C@@H](O)[C@H](O)[C@H]2NC(C)=O)O[C@@H](C)[C@H]1O. The average Bonchev–Trinajstić information content (AvgIpc) is 0.756. The van der Waals surface area contributed by atoms with Crippen molar-refractivity contribution in [1.82, 2.24) is 16.0 Å². The van der Waals surface area contributed by atoms with Gasteiger partial charge in [-0.2, -0.15) is 0 Å². The Morgan fingerprint density at radius 1 is 0.233 bits per heavy atom. The van der Waals surface area contributed by atoms with E-state index in [1.807, 2.05) is 0 Å². The van der Waals surface area contributed by atoms with Gasteiger partial charge >= 0.3 is 0 Å². The van der Waals surface area contributed by atoms with E-state index in [4.69, 9.17) is 99.5 Å². The fourth-order valence-electron chi connectivity index (χ4n) is 16.0. The Bertz CT molecular complexity index is 3180. The zero-order chi connectivity index (χ0) is 88.2. The van der Waals surface area contributed by atoms with Crippen molar-refractivity contribution in [3.63, 3.8) is 0 Å². The molecule has 50 atom stereocenters. The van der Waals surface area contributed by atoms with Gasteiger partial charge in [0.15, 0.2) is 62.9 Å². The van der Waals surface area contributed by atoms with Gasteiger partial charge in [0.05, 0.1) is 65.1 Å². The van der Waals surface area contributed by atoms with Crippen LogP contribution in [0, 0.1) is 0 Å². The first-order valence-electron chi connectivity index (χ1n) is 38.6. The van der Waals surface area contributed by atoms with Gasteiger partial charge < -0.3 is 243 Å². The summed E-state index contributed by atoms with van der Waals surface area (Å²) in [6.07, 6.45) is -98.3. The molecule has 52 nitrogen and oxygen atoms in total. The van der Waals surface area contributed by atoms with Gasteiger partial charge in [-0.25, -0.2) is 0 Å². The summed E-state index contributed by atoms with van der Waals surface area (Å²) in [4.78, 5) is 39.3. The van der Waals surface area contributed by atoms with Crippen LogP contribution >= 0.6 is 0 Å². The number of methoxy groups -OCH3 is 2. The zero-order valence-electron chi connectivity index (χ0n) is 65.5. The van der Waals surface area contributed by atoms with Gasteiger partial charge in [-0.3, -0.25) is 14.4 Å². The second-order valence-electron chi connectivity index (χ2n) is 30.6. The van der Waals surface area contributed by atoms with Gasteiger partial charge in [0, 0.05) is 35.0 Å². The van der Waals surface area contributed by atoms with Crippen LogP contribution in [-0.4, -0.2) is 519 Å². The molecule has 120 heavy (non-hydrogen) atoms. The van der Waals surface area contributed by atoms with Crippen LogP contribution in [0.3, 0.4) is 0 Å². The topological polar surface area (TPSA) is 787 Å². The molecule has 0 aromatic carbocycles. The summed E-state index contributed by atoms with van der Waals surface area (Å²) >= 11 is 0. The number of aliphatic hydroxyl groups excluding tert-OH is 25. The minimum atomic E-state index is -2.58. The highest BCUT2D eigenvalue weighted by atomic mass is 16.8. The van der Waals surface area contributed by atoms with Crippen LogP contribution < -0.4 is 16.0 Å². The molecule has 0 unspecified atom stereocenters. The maximum Gasteiger partial charge on any atom is 0.217 e. The van der Waals surface area contributed by atoms with Crippen molar-refractivity contribution >= 4 is 17.7 Å². The summed E-state index contributed by atoms with van der Waals surface area (Å²) in [5.41, 5.74) is 0. The number of ether oxygens (including phenoxy) is 21. The Kier molecular flexibility index (Phi) is 35.5.